The van der Waals surface area contributed by atoms with Crippen LogP contribution in [0.4, 0.5) is 4.39 Å². The van der Waals surface area contributed by atoms with Crippen LogP contribution in [0.5, 0.6) is 0 Å². The van der Waals surface area contributed by atoms with Crippen LogP contribution in [0.3, 0.4) is 0 Å². The Hall–Kier alpha value is -0.850. The Morgan fingerprint density at radius 2 is 2.04 bits per heavy atom. The molecule has 2 unspecified atom stereocenters. The third-order valence-corrected chi connectivity index (χ3v) is 6.22. The zero-order chi connectivity index (χ0) is 17.8. The van der Waals surface area contributed by atoms with Gasteiger partial charge in [0.2, 0.25) is 0 Å². The van der Waals surface area contributed by atoms with E-state index in [-0.39, 0.29) is 36.3 Å². The zero-order valence-corrected chi connectivity index (χ0v) is 16.0. The van der Waals surface area contributed by atoms with Gasteiger partial charge in [-0.1, -0.05) is 18.0 Å². The van der Waals surface area contributed by atoms with E-state index in [4.69, 9.17) is 4.74 Å². The van der Waals surface area contributed by atoms with Crippen LogP contribution < -0.4 is 10.3 Å². The lowest BCUT2D eigenvalue weighted by molar-refractivity contribution is -0.00825. The fraction of sp³-hybridized carbons (Fsp3) is 0.737. The van der Waals surface area contributed by atoms with Crippen molar-refractivity contribution in [3.05, 3.63) is 33.7 Å². The van der Waals surface area contributed by atoms with E-state index >= 15 is 0 Å². The number of rotatable bonds is 6. The molecule has 0 radical (unpaired) electrons. The Kier molecular flexibility index (Phi) is 6.58. The van der Waals surface area contributed by atoms with Crippen molar-refractivity contribution < 1.29 is 9.13 Å². The second kappa shape index (κ2) is 8.69. The SMILES string of the molecule is CSNC1CCc2ccc(C)c(=O)n2C1COC1CCC(CF)CC1. The highest BCUT2D eigenvalue weighted by atomic mass is 32.2. The number of hydrogen-bond acceptors (Lipinski definition) is 4. The van der Waals surface area contributed by atoms with Crippen LogP contribution in [0.1, 0.15) is 49.4 Å². The Labute approximate surface area is 153 Å². The summed E-state index contributed by atoms with van der Waals surface area (Å²) >= 11 is 1.60. The number of hydrogen-bond donors (Lipinski definition) is 1. The van der Waals surface area contributed by atoms with Crippen LogP contribution in [0.15, 0.2) is 16.9 Å². The predicted molar refractivity (Wildman–Crippen MR) is 101 cm³/mol. The van der Waals surface area contributed by atoms with E-state index in [0.29, 0.717) is 6.61 Å². The summed E-state index contributed by atoms with van der Waals surface area (Å²) in [5, 5.41) is 0. The molecule has 25 heavy (non-hydrogen) atoms. The number of aromatic nitrogens is 1. The number of nitrogens with zero attached hydrogens (tertiary/aromatic N) is 1. The third kappa shape index (κ3) is 4.29. The summed E-state index contributed by atoms with van der Waals surface area (Å²) in [6.45, 7) is 2.20. The number of fused-ring (bicyclic) bond motifs is 1. The molecule has 1 aromatic rings. The van der Waals surface area contributed by atoms with Gasteiger partial charge in [-0.05, 0) is 63.7 Å². The number of nitrogens with one attached hydrogen (secondary N) is 1. The molecule has 1 saturated carbocycles. The third-order valence-electron chi connectivity index (χ3n) is 5.68. The van der Waals surface area contributed by atoms with Crippen LogP contribution in [0.25, 0.3) is 0 Å². The van der Waals surface area contributed by atoms with Gasteiger partial charge in [-0.25, -0.2) is 0 Å². The van der Waals surface area contributed by atoms with Gasteiger partial charge in [0, 0.05) is 17.3 Å². The molecule has 0 saturated heterocycles. The van der Waals surface area contributed by atoms with Gasteiger partial charge in [0.05, 0.1) is 25.4 Å². The average Bonchev–Trinajstić information content (AvgIpc) is 2.64. The summed E-state index contributed by atoms with van der Waals surface area (Å²) in [5.74, 6) is 0.214. The Balaban J connectivity index is 1.73. The lowest BCUT2D eigenvalue weighted by Gasteiger charge is -2.37. The molecule has 2 heterocycles. The first-order chi connectivity index (χ1) is 12.1. The number of aryl methyl sites for hydroxylation is 2. The predicted octanol–water partition coefficient (Wildman–Crippen LogP) is 3.43. The van der Waals surface area contributed by atoms with Gasteiger partial charge in [0.15, 0.2) is 0 Å². The number of alkyl halides is 1. The van der Waals surface area contributed by atoms with Crippen molar-refractivity contribution in [1.29, 1.82) is 0 Å². The Morgan fingerprint density at radius 1 is 1.28 bits per heavy atom. The molecule has 3 rings (SSSR count). The zero-order valence-electron chi connectivity index (χ0n) is 15.2. The van der Waals surface area contributed by atoms with Crippen LogP contribution in [0.2, 0.25) is 0 Å². The van der Waals surface area contributed by atoms with Crippen molar-refractivity contribution in [1.82, 2.24) is 9.29 Å². The van der Waals surface area contributed by atoms with Crippen LogP contribution in [-0.4, -0.2) is 36.3 Å². The van der Waals surface area contributed by atoms with Crippen molar-refractivity contribution in [2.45, 2.75) is 63.6 Å². The fourth-order valence-corrected chi connectivity index (χ4v) is 4.68. The van der Waals surface area contributed by atoms with Gasteiger partial charge in [0.25, 0.3) is 5.56 Å². The molecule has 1 aliphatic heterocycles. The van der Waals surface area contributed by atoms with Crippen LogP contribution in [-0.2, 0) is 11.2 Å². The summed E-state index contributed by atoms with van der Waals surface area (Å²) in [5.41, 5.74) is 1.98. The molecule has 1 aromatic heterocycles. The van der Waals surface area contributed by atoms with E-state index in [0.717, 1.165) is 49.8 Å². The molecule has 2 atom stereocenters. The maximum absolute atomic E-state index is 12.8. The minimum atomic E-state index is -0.211. The second-order valence-electron chi connectivity index (χ2n) is 7.35. The molecule has 4 nitrogen and oxygen atoms in total. The van der Waals surface area contributed by atoms with Gasteiger partial charge >= 0.3 is 0 Å². The van der Waals surface area contributed by atoms with Gasteiger partial charge in [-0.3, -0.25) is 13.9 Å². The molecule has 140 valence electrons. The van der Waals surface area contributed by atoms with Crippen molar-refractivity contribution in [3.63, 3.8) is 0 Å². The molecular weight excluding hydrogens is 339 g/mol. The summed E-state index contributed by atoms with van der Waals surface area (Å²) in [4.78, 5) is 12.7. The Bertz CT molecular complexity index is 628. The van der Waals surface area contributed by atoms with E-state index in [1.54, 1.807) is 11.9 Å². The number of pyridine rings is 1. The average molecular weight is 369 g/mol. The maximum Gasteiger partial charge on any atom is 0.254 e. The standard InChI is InChI=1S/C19H29FN2O2S/c1-13-3-6-15-7-10-17(21-25-2)18(22(15)19(13)23)12-24-16-8-4-14(11-20)5-9-16/h3,6,14,16-18,21H,4-5,7-12H2,1-2H3. The van der Waals surface area contributed by atoms with Crippen molar-refractivity contribution in [3.8, 4) is 0 Å². The molecular formula is C19H29FN2O2S. The fourth-order valence-electron chi connectivity index (χ4n) is 4.10. The minimum Gasteiger partial charge on any atom is -0.376 e. The quantitative estimate of drug-likeness (QED) is 0.782. The topological polar surface area (TPSA) is 43.3 Å². The van der Waals surface area contributed by atoms with E-state index in [2.05, 4.69) is 10.8 Å². The molecule has 1 fully saturated rings. The first-order valence-electron chi connectivity index (χ1n) is 9.31. The lowest BCUT2D eigenvalue weighted by atomic mass is 9.88. The summed E-state index contributed by atoms with van der Waals surface area (Å²) in [6.07, 6.45) is 7.81. The van der Waals surface area contributed by atoms with Crippen molar-refractivity contribution >= 4 is 11.9 Å². The number of halogens is 1. The monoisotopic (exact) mass is 368 g/mol. The highest BCUT2D eigenvalue weighted by Crippen LogP contribution is 2.29. The smallest absolute Gasteiger partial charge is 0.254 e. The Morgan fingerprint density at radius 3 is 2.72 bits per heavy atom. The van der Waals surface area contributed by atoms with Crippen LogP contribution in [0, 0.1) is 12.8 Å². The highest BCUT2D eigenvalue weighted by Gasteiger charge is 2.32. The largest absolute Gasteiger partial charge is 0.376 e. The highest BCUT2D eigenvalue weighted by molar-refractivity contribution is 7.96. The molecule has 0 spiro atoms. The molecule has 0 amide bonds. The molecule has 1 N–H and O–H groups in total. The van der Waals surface area contributed by atoms with Crippen LogP contribution >= 0.6 is 11.9 Å². The van der Waals surface area contributed by atoms with Crippen molar-refractivity contribution in [2.24, 2.45) is 5.92 Å². The van der Waals surface area contributed by atoms with Gasteiger partial charge in [-0.2, -0.15) is 0 Å². The van der Waals surface area contributed by atoms with E-state index in [1.165, 1.54) is 0 Å². The first kappa shape index (κ1) is 18.9. The first-order valence-corrected chi connectivity index (χ1v) is 10.5. The minimum absolute atomic E-state index is 0.0162. The van der Waals surface area contributed by atoms with Gasteiger partial charge in [0.1, 0.15) is 0 Å². The molecule has 0 bridgehead atoms. The lowest BCUT2D eigenvalue weighted by Crippen LogP contribution is -2.46. The number of ether oxygens (including phenoxy) is 1. The van der Waals surface area contributed by atoms with E-state index in [1.807, 2.05) is 23.8 Å². The van der Waals surface area contributed by atoms with Crippen molar-refractivity contribution in [2.75, 3.05) is 19.5 Å². The summed E-state index contributed by atoms with van der Waals surface area (Å²) in [7, 11) is 0. The molecule has 1 aliphatic carbocycles. The second-order valence-corrected chi connectivity index (χ2v) is 7.99. The van der Waals surface area contributed by atoms with E-state index < -0.39 is 0 Å². The summed E-state index contributed by atoms with van der Waals surface area (Å²) in [6, 6.07) is 4.24. The molecule has 2 aliphatic rings. The maximum atomic E-state index is 12.8. The van der Waals surface area contributed by atoms with Gasteiger partial charge in [-0.15, -0.1) is 0 Å². The van der Waals surface area contributed by atoms with E-state index in [9.17, 15) is 9.18 Å². The summed E-state index contributed by atoms with van der Waals surface area (Å²) < 4.78 is 24.4. The van der Waals surface area contributed by atoms with Gasteiger partial charge < -0.3 is 9.30 Å². The molecule has 0 aromatic carbocycles. The normalized spacial score (nSPS) is 29.4. The molecule has 6 heteroatoms.